The molecule has 31 heavy (non-hydrogen) atoms. The van der Waals surface area contributed by atoms with Crippen LogP contribution in [-0.2, 0) is 0 Å². The number of piperidine rings is 1. The Balaban J connectivity index is 1.59. The summed E-state index contributed by atoms with van der Waals surface area (Å²) in [5, 5.41) is 4.63. The first-order valence-corrected chi connectivity index (χ1v) is 11.5. The van der Waals surface area contributed by atoms with E-state index in [1.807, 2.05) is 18.2 Å². The van der Waals surface area contributed by atoms with Gasteiger partial charge in [0.25, 0.3) is 5.91 Å². The lowest BCUT2D eigenvalue weighted by Crippen LogP contribution is -2.37. The number of hydrogen-bond acceptors (Lipinski definition) is 3. The average Bonchev–Trinajstić information content (AvgIpc) is 3.20. The van der Waals surface area contributed by atoms with Crippen LogP contribution in [0.1, 0.15) is 29.8 Å². The topological polar surface area (TPSA) is 50.2 Å². The molecule has 0 saturated carbocycles. The van der Waals surface area contributed by atoms with Gasteiger partial charge in [0.15, 0.2) is 0 Å². The van der Waals surface area contributed by atoms with Crippen LogP contribution in [0, 0.1) is 0 Å². The van der Waals surface area contributed by atoms with Crippen molar-refractivity contribution in [1.29, 1.82) is 0 Å². The van der Waals surface area contributed by atoms with E-state index in [4.69, 9.17) is 34.8 Å². The molecule has 1 saturated heterocycles. The quantitative estimate of drug-likeness (QED) is 0.494. The smallest absolute Gasteiger partial charge is 0.271 e. The van der Waals surface area contributed by atoms with Gasteiger partial charge >= 0.3 is 0 Å². The predicted molar refractivity (Wildman–Crippen MR) is 127 cm³/mol. The predicted octanol–water partition coefficient (Wildman–Crippen LogP) is 5.72. The van der Waals surface area contributed by atoms with Crippen LogP contribution >= 0.6 is 34.8 Å². The first kappa shape index (κ1) is 22.2. The van der Waals surface area contributed by atoms with Crippen molar-refractivity contribution in [2.75, 3.05) is 26.2 Å². The van der Waals surface area contributed by atoms with Crippen molar-refractivity contribution in [1.82, 2.24) is 19.8 Å². The third kappa shape index (κ3) is 5.42. The Hall–Kier alpha value is -2.05. The van der Waals surface area contributed by atoms with E-state index in [9.17, 15) is 4.79 Å². The fourth-order valence-corrected chi connectivity index (χ4v) is 4.38. The molecule has 1 amide bonds. The van der Waals surface area contributed by atoms with E-state index < -0.39 is 0 Å². The Bertz CT molecular complexity index is 1060. The number of nitrogens with zero attached hydrogens (tertiary/aromatic N) is 3. The second-order valence-electron chi connectivity index (χ2n) is 7.58. The molecule has 2 aromatic carbocycles. The van der Waals surface area contributed by atoms with E-state index in [2.05, 4.69) is 15.2 Å². The molecule has 0 bridgehead atoms. The molecule has 1 N–H and O–H groups in total. The molecule has 1 aromatic heterocycles. The maximum atomic E-state index is 12.8. The van der Waals surface area contributed by atoms with Crippen LogP contribution < -0.4 is 5.32 Å². The molecule has 1 aliphatic rings. The van der Waals surface area contributed by atoms with Gasteiger partial charge in [-0.15, -0.1) is 0 Å². The van der Waals surface area contributed by atoms with Crippen molar-refractivity contribution < 1.29 is 4.79 Å². The van der Waals surface area contributed by atoms with Crippen LogP contribution in [0.15, 0.2) is 48.7 Å². The number of benzene rings is 2. The second kappa shape index (κ2) is 10.0. The highest BCUT2D eigenvalue weighted by Gasteiger charge is 2.19. The van der Waals surface area contributed by atoms with E-state index in [-0.39, 0.29) is 5.91 Å². The van der Waals surface area contributed by atoms with E-state index >= 15 is 0 Å². The van der Waals surface area contributed by atoms with Crippen LogP contribution in [0.2, 0.25) is 15.1 Å². The summed E-state index contributed by atoms with van der Waals surface area (Å²) in [5.41, 5.74) is 1.84. The number of halogens is 3. The minimum absolute atomic E-state index is 0.212. The van der Waals surface area contributed by atoms with E-state index in [0.29, 0.717) is 38.8 Å². The number of carbonyl (C=O) groups is 1. The Kier molecular flexibility index (Phi) is 7.18. The fraction of sp³-hybridized carbons (Fsp3) is 0.304. The van der Waals surface area contributed by atoms with Gasteiger partial charge in [-0.05, 0) is 68.4 Å². The highest BCUT2D eigenvalue weighted by Crippen LogP contribution is 2.30. The molecule has 0 atom stereocenters. The minimum atomic E-state index is -0.212. The molecular weight excluding hydrogens is 455 g/mol. The summed E-state index contributed by atoms with van der Waals surface area (Å²) in [4.78, 5) is 19.8. The maximum Gasteiger partial charge on any atom is 0.271 e. The Morgan fingerprint density at radius 3 is 2.39 bits per heavy atom. The zero-order valence-electron chi connectivity index (χ0n) is 17.0. The summed E-state index contributed by atoms with van der Waals surface area (Å²) in [6, 6.07) is 12.5. The second-order valence-corrected chi connectivity index (χ2v) is 8.86. The molecule has 1 aliphatic heterocycles. The van der Waals surface area contributed by atoms with E-state index in [0.717, 1.165) is 25.2 Å². The van der Waals surface area contributed by atoms with Crippen molar-refractivity contribution in [2.24, 2.45) is 0 Å². The molecule has 2 heterocycles. The monoisotopic (exact) mass is 476 g/mol. The van der Waals surface area contributed by atoms with Gasteiger partial charge in [0.2, 0.25) is 0 Å². The lowest BCUT2D eigenvalue weighted by molar-refractivity contribution is 0.0942. The van der Waals surface area contributed by atoms with Crippen LogP contribution in [-0.4, -0.2) is 46.5 Å². The Labute approximate surface area is 196 Å². The number of imidazole rings is 1. The number of amides is 1. The molecule has 162 valence electrons. The standard InChI is InChI=1S/C23H23Cl3N4O/c24-17-6-4-16(5-7-17)22-28-20(15-30(22)21-9-8-18(25)14-19(21)26)23(31)27-10-13-29-11-2-1-3-12-29/h4-9,14-15H,1-3,10-13H2,(H,27,31). The lowest BCUT2D eigenvalue weighted by atomic mass is 10.1. The van der Waals surface area contributed by atoms with Gasteiger partial charge in [-0.2, -0.15) is 0 Å². The molecule has 4 rings (SSSR count). The van der Waals surface area contributed by atoms with Crippen molar-refractivity contribution >= 4 is 40.7 Å². The molecule has 0 radical (unpaired) electrons. The van der Waals surface area contributed by atoms with Crippen LogP contribution in [0.25, 0.3) is 17.1 Å². The first-order valence-electron chi connectivity index (χ1n) is 10.3. The number of aromatic nitrogens is 2. The van der Waals surface area contributed by atoms with E-state index in [1.165, 1.54) is 19.3 Å². The molecule has 8 heteroatoms. The van der Waals surface area contributed by atoms with Gasteiger partial charge in [0.1, 0.15) is 11.5 Å². The normalized spacial score (nSPS) is 14.5. The molecule has 1 fully saturated rings. The summed E-state index contributed by atoms with van der Waals surface area (Å²) in [6.07, 6.45) is 5.45. The Morgan fingerprint density at radius 2 is 1.68 bits per heavy atom. The zero-order chi connectivity index (χ0) is 21.8. The molecule has 0 unspecified atom stereocenters. The van der Waals surface area contributed by atoms with Crippen LogP contribution in [0.5, 0.6) is 0 Å². The van der Waals surface area contributed by atoms with Gasteiger partial charge < -0.3 is 10.2 Å². The van der Waals surface area contributed by atoms with Gasteiger partial charge in [0.05, 0.1) is 10.7 Å². The summed E-state index contributed by atoms with van der Waals surface area (Å²) < 4.78 is 1.81. The summed E-state index contributed by atoms with van der Waals surface area (Å²) in [6.45, 7) is 3.63. The Morgan fingerprint density at radius 1 is 0.968 bits per heavy atom. The average molecular weight is 478 g/mol. The van der Waals surface area contributed by atoms with Crippen molar-refractivity contribution in [3.05, 3.63) is 69.4 Å². The third-order valence-corrected chi connectivity index (χ3v) is 6.16. The van der Waals surface area contributed by atoms with Gasteiger partial charge in [-0.1, -0.05) is 41.2 Å². The van der Waals surface area contributed by atoms with Gasteiger partial charge in [0, 0.05) is 34.9 Å². The zero-order valence-corrected chi connectivity index (χ0v) is 19.2. The minimum Gasteiger partial charge on any atom is -0.349 e. The fourth-order valence-electron chi connectivity index (χ4n) is 3.75. The lowest BCUT2D eigenvalue weighted by Gasteiger charge is -2.26. The number of hydrogen-bond donors (Lipinski definition) is 1. The first-order chi connectivity index (χ1) is 15.0. The summed E-state index contributed by atoms with van der Waals surface area (Å²) in [5.74, 6) is 0.387. The molecule has 0 aliphatic carbocycles. The summed E-state index contributed by atoms with van der Waals surface area (Å²) >= 11 is 18.6. The van der Waals surface area contributed by atoms with Crippen molar-refractivity contribution in [2.45, 2.75) is 19.3 Å². The SMILES string of the molecule is O=C(NCCN1CCCCC1)c1cn(-c2ccc(Cl)cc2Cl)c(-c2ccc(Cl)cc2)n1. The van der Waals surface area contributed by atoms with Gasteiger partial charge in [-0.25, -0.2) is 4.98 Å². The molecule has 0 spiro atoms. The number of nitrogens with one attached hydrogen (secondary N) is 1. The maximum absolute atomic E-state index is 12.8. The number of carbonyl (C=O) groups excluding carboxylic acids is 1. The highest BCUT2D eigenvalue weighted by molar-refractivity contribution is 6.35. The highest BCUT2D eigenvalue weighted by atomic mass is 35.5. The van der Waals surface area contributed by atoms with Crippen molar-refractivity contribution in [3.8, 4) is 17.1 Å². The van der Waals surface area contributed by atoms with E-state index in [1.54, 1.807) is 35.0 Å². The van der Waals surface area contributed by atoms with Crippen LogP contribution in [0.3, 0.4) is 0 Å². The summed E-state index contributed by atoms with van der Waals surface area (Å²) in [7, 11) is 0. The van der Waals surface area contributed by atoms with Crippen molar-refractivity contribution in [3.63, 3.8) is 0 Å². The van der Waals surface area contributed by atoms with Crippen LogP contribution in [0.4, 0.5) is 0 Å². The number of likely N-dealkylation sites (tertiary alicyclic amines) is 1. The number of rotatable bonds is 6. The molecular formula is C23H23Cl3N4O. The van der Waals surface area contributed by atoms with Gasteiger partial charge in [-0.3, -0.25) is 9.36 Å². The largest absolute Gasteiger partial charge is 0.349 e. The molecule has 3 aromatic rings. The molecule has 5 nitrogen and oxygen atoms in total. The third-order valence-electron chi connectivity index (χ3n) is 5.37.